The Balaban J connectivity index is 2.61. The van der Waals surface area contributed by atoms with E-state index in [2.05, 4.69) is 12.0 Å². The van der Waals surface area contributed by atoms with E-state index in [1.165, 1.54) is 6.20 Å². The molecule has 1 heterocycles. The molecule has 0 saturated carbocycles. The van der Waals surface area contributed by atoms with Crippen LogP contribution in [0.4, 0.5) is 0 Å². The highest BCUT2D eigenvalue weighted by Gasteiger charge is 1.91. The van der Waals surface area contributed by atoms with Crippen LogP contribution >= 0.6 is 0 Å². The van der Waals surface area contributed by atoms with Gasteiger partial charge >= 0.3 is 0 Å². The van der Waals surface area contributed by atoms with E-state index in [4.69, 9.17) is 5.11 Å². The molecule has 0 aliphatic rings. The predicted molar refractivity (Wildman–Crippen MR) is 34.2 cm³/mol. The monoisotopic (exact) mass is 126 g/mol. The molecule has 1 rings (SSSR count). The Morgan fingerprint density at radius 3 is 3.00 bits per heavy atom. The summed E-state index contributed by atoms with van der Waals surface area (Å²) in [6.45, 7) is 2.94. The molecular formula is C6H10N2O. The average Bonchev–Trinajstić information content (AvgIpc) is 2.17. The maximum Gasteiger partial charge on any atom is 0.153 e. The van der Waals surface area contributed by atoms with E-state index in [0.717, 1.165) is 13.0 Å². The Hall–Kier alpha value is -0.990. The number of hydrogen-bond donors (Lipinski definition) is 1. The number of rotatable bonds is 2. The molecule has 3 nitrogen and oxygen atoms in total. The number of aromatic nitrogens is 2. The molecule has 0 unspecified atom stereocenters. The molecule has 0 spiro atoms. The fraction of sp³-hybridized carbons (Fsp3) is 0.500. The maximum atomic E-state index is 8.80. The minimum absolute atomic E-state index is 0.239. The summed E-state index contributed by atoms with van der Waals surface area (Å²) in [6, 6.07) is 0. The van der Waals surface area contributed by atoms with Crippen LogP contribution in [0.5, 0.6) is 5.75 Å². The Morgan fingerprint density at radius 1 is 1.78 bits per heavy atom. The van der Waals surface area contributed by atoms with E-state index in [1.54, 1.807) is 10.9 Å². The first-order valence-electron chi connectivity index (χ1n) is 3.04. The van der Waals surface area contributed by atoms with Crippen molar-refractivity contribution in [3.8, 4) is 5.75 Å². The molecule has 1 aromatic rings. The molecule has 0 fully saturated rings. The van der Waals surface area contributed by atoms with Crippen LogP contribution in [0.1, 0.15) is 13.3 Å². The van der Waals surface area contributed by atoms with Crippen LogP contribution in [0.15, 0.2) is 12.4 Å². The third-order valence-corrected chi connectivity index (χ3v) is 1.07. The summed E-state index contributed by atoms with van der Waals surface area (Å²) in [4.78, 5) is 0. The van der Waals surface area contributed by atoms with Crippen LogP contribution < -0.4 is 0 Å². The lowest BCUT2D eigenvalue weighted by Gasteiger charge is -1.92. The average molecular weight is 126 g/mol. The third kappa shape index (κ3) is 1.45. The minimum atomic E-state index is 0.239. The molecule has 0 saturated heterocycles. The molecular weight excluding hydrogens is 116 g/mol. The normalized spacial score (nSPS) is 9.89. The number of aromatic hydroxyl groups is 1. The van der Waals surface area contributed by atoms with E-state index in [0.29, 0.717) is 0 Å². The van der Waals surface area contributed by atoms with Crippen molar-refractivity contribution in [1.82, 2.24) is 9.78 Å². The van der Waals surface area contributed by atoms with Gasteiger partial charge in [0.15, 0.2) is 5.75 Å². The topological polar surface area (TPSA) is 38.0 Å². The van der Waals surface area contributed by atoms with Crippen molar-refractivity contribution in [3.05, 3.63) is 12.4 Å². The highest BCUT2D eigenvalue weighted by Crippen LogP contribution is 2.03. The minimum Gasteiger partial charge on any atom is -0.505 e. The summed E-state index contributed by atoms with van der Waals surface area (Å²) in [5.74, 6) is 0.239. The van der Waals surface area contributed by atoms with Crippen LogP contribution in [0.25, 0.3) is 0 Å². The van der Waals surface area contributed by atoms with Gasteiger partial charge < -0.3 is 5.11 Å². The first kappa shape index (κ1) is 6.13. The van der Waals surface area contributed by atoms with Gasteiger partial charge in [-0.2, -0.15) is 5.10 Å². The molecule has 0 aliphatic carbocycles. The highest BCUT2D eigenvalue weighted by molar-refractivity contribution is 5.08. The maximum absolute atomic E-state index is 8.80. The van der Waals surface area contributed by atoms with Gasteiger partial charge in [0.1, 0.15) is 0 Å². The van der Waals surface area contributed by atoms with Crippen LogP contribution in [0.3, 0.4) is 0 Å². The van der Waals surface area contributed by atoms with E-state index >= 15 is 0 Å². The fourth-order valence-electron chi connectivity index (χ4n) is 0.704. The zero-order chi connectivity index (χ0) is 6.69. The first-order valence-corrected chi connectivity index (χ1v) is 3.04. The lowest BCUT2D eigenvalue weighted by Crippen LogP contribution is -1.95. The van der Waals surface area contributed by atoms with E-state index < -0.39 is 0 Å². The quantitative estimate of drug-likeness (QED) is 0.642. The molecule has 9 heavy (non-hydrogen) atoms. The molecule has 0 amide bonds. The zero-order valence-corrected chi connectivity index (χ0v) is 5.41. The van der Waals surface area contributed by atoms with Gasteiger partial charge in [-0.25, -0.2) is 0 Å². The first-order chi connectivity index (χ1) is 4.33. The number of hydrogen-bond acceptors (Lipinski definition) is 2. The van der Waals surface area contributed by atoms with Crippen LogP contribution in [-0.4, -0.2) is 14.9 Å². The molecule has 3 heteroatoms. The molecule has 0 aliphatic heterocycles. The van der Waals surface area contributed by atoms with Crippen molar-refractivity contribution in [2.45, 2.75) is 19.9 Å². The highest BCUT2D eigenvalue weighted by atomic mass is 16.3. The second-order valence-corrected chi connectivity index (χ2v) is 1.96. The number of aryl methyl sites for hydroxylation is 1. The second-order valence-electron chi connectivity index (χ2n) is 1.96. The largest absolute Gasteiger partial charge is 0.505 e. The zero-order valence-electron chi connectivity index (χ0n) is 5.41. The van der Waals surface area contributed by atoms with Crippen LogP contribution in [0.2, 0.25) is 0 Å². The van der Waals surface area contributed by atoms with Crippen molar-refractivity contribution < 1.29 is 5.11 Å². The second kappa shape index (κ2) is 2.53. The summed E-state index contributed by atoms with van der Waals surface area (Å²) in [6.07, 6.45) is 4.10. The molecule has 1 N–H and O–H groups in total. The van der Waals surface area contributed by atoms with Crippen molar-refractivity contribution in [2.24, 2.45) is 0 Å². The van der Waals surface area contributed by atoms with Gasteiger partial charge in [0.25, 0.3) is 0 Å². The Bertz CT molecular complexity index is 183. The molecule has 0 bridgehead atoms. The predicted octanol–water partition coefficient (Wildman–Crippen LogP) is 0.999. The Morgan fingerprint density at radius 2 is 2.56 bits per heavy atom. The SMILES string of the molecule is CCCn1cc(O)cn1. The third-order valence-electron chi connectivity index (χ3n) is 1.07. The van der Waals surface area contributed by atoms with E-state index in [-0.39, 0.29) is 5.75 Å². The van der Waals surface area contributed by atoms with Crippen molar-refractivity contribution in [1.29, 1.82) is 0 Å². The number of nitrogens with zero attached hydrogens (tertiary/aromatic N) is 2. The Labute approximate surface area is 53.9 Å². The van der Waals surface area contributed by atoms with E-state index in [1.807, 2.05) is 0 Å². The smallest absolute Gasteiger partial charge is 0.153 e. The fourth-order valence-corrected chi connectivity index (χ4v) is 0.704. The summed E-state index contributed by atoms with van der Waals surface area (Å²) >= 11 is 0. The van der Waals surface area contributed by atoms with Gasteiger partial charge in [0.05, 0.1) is 12.4 Å². The lowest BCUT2D eigenvalue weighted by molar-refractivity contribution is 0.473. The molecule has 0 aromatic carbocycles. The molecule has 1 aromatic heterocycles. The van der Waals surface area contributed by atoms with Crippen LogP contribution in [0, 0.1) is 0 Å². The standard InChI is InChI=1S/C6H10N2O/c1-2-3-8-5-6(9)4-7-8/h4-5,9H,2-3H2,1H3. The van der Waals surface area contributed by atoms with Gasteiger partial charge in [-0.3, -0.25) is 4.68 Å². The van der Waals surface area contributed by atoms with Crippen molar-refractivity contribution >= 4 is 0 Å². The van der Waals surface area contributed by atoms with E-state index in [9.17, 15) is 0 Å². The summed E-state index contributed by atoms with van der Waals surface area (Å²) in [7, 11) is 0. The Kier molecular flexibility index (Phi) is 1.72. The van der Waals surface area contributed by atoms with Gasteiger partial charge in [-0.1, -0.05) is 6.92 Å². The van der Waals surface area contributed by atoms with Gasteiger partial charge in [0, 0.05) is 6.54 Å². The van der Waals surface area contributed by atoms with Gasteiger partial charge in [-0.05, 0) is 6.42 Å². The summed E-state index contributed by atoms with van der Waals surface area (Å²) < 4.78 is 1.72. The van der Waals surface area contributed by atoms with Crippen molar-refractivity contribution in [2.75, 3.05) is 0 Å². The molecule has 0 atom stereocenters. The van der Waals surface area contributed by atoms with Crippen LogP contribution in [-0.2, 0) is 6.54 Å². The molecule has 0 radical (unpaired) electrons. The van der Waals surface area contributed by atoms with Gasteiger partial charge in [0.2, 0.25) is 0 Å². The summed E-state index contributed by atoms with van der Waals surface area (Å²) in [5.41, 5.74) is 0. The van der Waals surface area contributed by atoms with Gasteiger partial charge in [-0.15, -0.1) is 0 Å². The summed E-state index contributed by atoms with van der Waals surface area (Å²) in [5, 5.41) is 12.7. The molecule has 50 valence electrons. The lowest BCUT2D eigenvalue weighted by atomic mass is 10.5. The van der Waals surface area contributed by atoms with Crippen molar-refractivity contribution in [3.63, 3.8) is 0 Å².